The highest BCUT2D eigenvalue weighted by atomic mass is 35.5. The zero-order valence-corrected chi connectivity index (χ0v) is 9.44. The van der Waals surface area contributed by atoms with E-state index in [9.17, 15) is 5.11 Å². The number of pyridine rings is 1. The number of anilines is 1. The Morgan fingerprint density at radius 1 is 1.64 bits per heavy atom. The molecule has 6 heteroatoms. The van der Waals surface area contributed by atoms with Crippen LogP contribution in [0.15, 0.2) is 18.3 Å². The van der Waals surface area contributed by atoms with Gasteiger partial charge in [-0.1, -0.05) is 35.6 Å². The van der Waals surface area contributed by atoms with Crippen LogP contribution in [0.5, 0.6) is 0 Å². The van der Waals surface area contributed by atoms with Crippen molar-refractivity contribution in [2.45, 2.75) is 6.23 Å². The average Bonchev–Trinajstić information content (AvgIpc) is 2.49. The molecule has 0 aliphatic carbocycles. The molecule has 1 aromatic heterocycles. The Hall–Kier alpha value is -0.360. The van der Waals surface area contributed by atoms with Gasteiger partial charge in [-0.15, -0.1) is 0 Å². The van der Waals surface area contributed by atoms with Crippen molar-refractivity contribution in [2.24, 2.45) is 0 Å². The normalized spacial score (nSPS) is 21.7. The van der Waals surface area contributed by atoms with Gasteiger partial charge < -0.3 is 5.11 Å². The van der Waals surface area contributed by atoms with Crippen molar-refractivity contribution in [3.63, 3.8) is 0 Å². The van der Waals surface area contributed by atoms with Gasteiger partial charge in [0, 0.05) is 11.9 Å². The first-order valence-electron chi connectivity index (χ1n) is 3.94. The van der Waals surface area contributed by atoms with Crippen LogP contribution in [0.2, 0.25) is 5.02 Å². The number of aliphatic hydroxyl groups excluding tert-OH is 1. The van der Waals surface area contributed by atoms with Crippen LogP contribution in [-0.4, -0.2) is 26.4 Å². The fourth-order valence-corrected chi connectivity index (χ4v) is 2.49. The molecule has 1 saturated heterocycles. The lowest BCUT2D eigenvalue weighted by molar-refractivity contribution is 0.213. The van der Waals surface area contributed by atoms with Gasteiger partial charge in [0.2, 0.25) is 0 Å². The van der Waals surface area contributed by atoms with E-state index >= 15 is 0 Å². The molecule has 2 heterocycles. The Bertz CT molecular complexity index is 357. The minimum atomic E-state index is -0.582. The van der Waals surface area contributed by atoms with Crippen molar-refractivity contribution in [3.8, 4) is 0 Å². The van der Waals surface area contributed by atoms with Crippen LogP contribution in [0.25, 0.3) is 0 Å². The molecule has 1 aliphatic heterocycles. The molecule has 1 N–H and O–H groups in total. The molecule has 0 amide bonds. The van der Waals surface area contributed by atoms with Crippen molar-refractivity contribution < 1.29 is 5.11 Å². The number of hydrogen-bond donors (Lipinski definition) is 1. The molecule has 0 radical (unpaired) electrons. The molecule has 0 saturated carbocycles. The van der Waals surface area contributed by atoms with Crippen molar-refractivity contribution in [1.29, 1.82) is 0 Å². The fourth-order valence-electron chi connectivity index (χ4n) is 1.17. The van der Waals surface area contributed by atoms with E-state index in [1.165, 1.54) is 18.0 Å². The van der Waals surface area contributed by atoms with E-state index in [2.05, 4.69) is 4.98 Å². The van der Waals surface area contributed by atoms with E-state index in [1.807, 2.05) is 0 Å². The van der Waals surface area contributed by atoms with Crippen molar-refractivity contribution in [2.75, 3.05) is 10.7 Å². The van der Waals surface area contributed by atoms with Gasteiger partial charge in [-0.3, -0.25) is 4.90 Å². The Morgan fingerprint density at radius 2 is 2.43 bits per heavy atom. The van der Waals surface area contributed by atoms with Crippen molar-refractivity contribution in [1.82, 2.24) is 4.98 Å². The summed E-state index contributed by atoms with van der Waals surface area (Å²) < 4.78 is 0.646. The summed E-state index contributed by atoms with van der Waals surface area (Å²) in [4.78, 5) is 5.72. The van der Waals surface area contributed by atoms with Gasteiger partial charge in [0.1, 0.15) is 16.4 Å². The summed E-state index contributed by atoms with van der Waals surface area (Å²) in [5, 5.41) is 10.2. The van der Waals surface area contributed by atoms with E-state index < -0.39 is 6.23 Å². The second-order valence-corrected chi connectivity index (χ2v) is 4.85. The second kappa shape index (κ2) is 4.02. The smallest absolute Gasteiger partial charge is 0.144 e. The Labute approximate surface area is 96.1 Å². The lowest BCUT2D eigenvalue weighted by atomic mass is 10.4. The summed E-state index contributed by atoms with van der Waals surface area (Å²) in [5.74, 6) is 1.22. The van der Waals surface area contributed by atoms with Crippen LogP contribution in [0.1, 0.15) is 0 Å². The zero-order chi connectivity index (χ0) is 10.1. The first-order chi connectivity index (χ1) is 6.68. The van der Waals surface area contributed by atoms with Crippen LogP contribution >= 0.6 is 35.6 Å². The number of hydrogen-bond acceptors (Lipinski definition) is 4. The molecular weight excluding hydrogens is 240 g/mol. The predicted molar refractivity (Wildman–Crippen MR) is 62.8 cm³/mol. The highest BCUT2D eigenvalue weighted by molar-refractivity contribution is 8.23. The Kier molecular flexibility index (Phi) is 2.92. The van der Waals surface area contributed by atoms with Gasteiger partial charge in [-0.25, -0.2) is 4.98 Å². The molecule has 1 aromatic rings. The van der Waals surface area contributed by atoms with Gasteiger partial charge >= 0.3 is 0 Å². The minimum Gasteiger partial charge on any atom is -0.372 e. The lowest BCUT2D eigenvalue weighted by Gasteiger charge is -2.19. The zero-order valence-electron chi connectivity index (χ0n) is 7.05. The summed E-state index contributed by atoms with van der Waals surface area (Å²) in [6.45, 7) is 0. The standard InChI is InChI=1S/C8H7ClN2OS2/c9-5-1-2-6(10-3-5)11-7(12)4-14-8(11)13/h1-3,7,12H,4H2. The summed E-state index contributed by atoms with van der Waals surface area (Å²) in [6, 6.07) is 3.46. The lowest BCUT2D eigenvalue weighted by Crippen LogP contribution is -2.33. The maximum atomic E-state index is 9.63. The molecule has 3 nitrogen and oxygen atoms in total. The molecule has 1 unspecified atom stereocenters. The van der Waals surface area contributed by atoms with E-state index in [1.54, 1.807) is 17.0 Å². The summed E-state index contributed by atoms with van der Waals surface area (Å²) in [5.41, 5.74) is 0. The van der Waals surface area contributed by atoms with E-state index in [0.29, 0.717) is 20.9 Å². The fraction of sp³-hybridized carbons (Fsp3) is 0.250. The summed E-state index contributed by atoms with van der Waals surface area (Å²) in [7, 11) is 0. The van der Waals surface area contributed by atoms with Crippen LogP contribution in [0.4, 0.5) is 5.82 Å². The second-order valence-electron chi connectivity index (χ2n) is 2.76. The number of thiocarbonyl (C=S) groups is 1. The van der Waals surface area contributed by atoms with E-state index in [-0.39, 0.29) is 0 Å². The third-order valence-electron chi connectivity index (χ3n) is 1.81. The number of aromatic nitrogens is 1. The maximum absolute atomic E-state index is 9.63. The molecule has 1 aliphatic rings. The molecule has 74 valence electrons. The summed E-state index contributed by atoms with van der Waals surface area (Å²) in [6.07, 6.45) is 0.955. The van der Waals surface area contributed by atoms with E-state index in [4.69, 9.17) is 23.8 Å². The quantitative estimate of drug-likeness (QED) is 0.766. The topological polar surface area (TPSA) is 36.4 Å². The molecule has 1 atom stereocenters. The van der Waals surface area contributed by atoms with Crippen LogP contribution in [-0.2, 0) is 0 Å². The van der Waals surface area contributed by atoms with Crippen LogP contribution in [0.3, 0.4) is 0 Å². The number of rotatable bonds is 1. The number of thioether (sulfide) groups is 1. The first-order valence-corrected chi connectivity index (χ1v) is 5.71. The molecule has 2 rings (SSSR count). The molecule has 0 spiro atoms. The third-order valence-corrected chi connectivity index (χ3v) is 3.49. The van der Waals surface area contributed by atoms with Crippen LogP contribution in [0, 0.1) is 0 Å². The first kappa shape index (κ1) is 10.2. The third kappa shape index (κ3) is 1.86. The molecule has 1 fully saturated rings. The van der Waals surface area contributed by atoms with Gasteiger partial charge in [-0.2, -0.15) is 0 Å². The largest absolute Gasteiger partial charge is 0.372 e. The number of nitrogens with zero attached hydrogens (tertiary/aromatic N) is 2. The predicted octanol–water partition coefficient (Wildman–Crippen LogP) is 1.89. The van der Waals surface area contributed by atoms with Crippen LogP contribution < -0.4 is 4.90 Å². The SMILES string of the molecule is OC1CSC(=S)N1c1ccc(Cl)cn1. The van der Waals surface area contributed by atoms with Gasteiger partial charge in [0.25, 0.3) is 0 Å². The highest BCUT2D eigenvalue weighted by Gasteiger charge is 2.28. The minimum absolute atomic E-state index is 0.570. The Morgan fingerprint density at radius 3 is 2.93 bits per heavy atom. The maximum Gasteiger partial charge on any atom is 0.144 e. The monoisotopic (exact) mass is 246 g/mol. The number of aliphatic hydroxyl groups is 1. The Balaban J connectivity index is 2.30. The van der Waals surface area contributed by atoms with Crippen molar-refractivity contribution >= 4 is 45.7 Å². The number of halogens is 1. The molecular formula is C8H7ClN2OS2. The van der Waals surface area contributed by atoms with Gasteiger partial charge in [0.15, 0.2) is 0 Å². The summed E-state index contributed by atoms with van der Waals surface area (Å²) >= 11 is 12.2. The van der Waals surface area contributed by atoms with Gasteiger partial charge in [0.05, 0.1) is 5.02 Å². The molecule has 0 aromatic carbocycles. The molecule has 14 heavy (non-hydrogen) atoms. The average molecular weight is 247 g/mol. The van der Waals surface area contributed by atoms with Crippen molar-refractivity contribution in [3.05, 3.63) is 23.4 Å². The highest BCUT2D eigenvalue weighted by Crippen LogP contribution is 2.28. The molecule has 0 bridgehead atoms. The van der Waals surface area contributed by atoms with E-state index in [0.717, 1.165) is 0 Å². The van der Waals surface area contributed by atoms with Gasteiger partial charge in [-0.05, 0) is 12.1 Å².